The number of anilines is 3. The van der Waals surface area contributed by atoms with E-state index in [1.165, 1.54) is 0 Å². The summed E-state index contributed by atoms with van der Waals surface area (Å²) >= 11 is 1.62. The van der Waals surface area contributed by atoms with Gasteiger partial charge in [0.1, 0.15) is 24.7 Å². The van der Waals surface area contributed by atoms with Crippen molar-refractivity contribution in [2.45, 2.75) is 0 Å². The van der Waals surface area contributed by atoms with Crippen LogP contribution in [-0.2, 0) is 0 Å². The summed E-state index contributed by atoms with van der Waals surface area (Å²) in [4.78, 5) is 7.89. The van der Waals surface area contributed by atoms with Gasteiger partial charge in [0.15, 0.2) is 16.5 Å². The first-order chi connectivity index (χ1) is 13.7. The molecule has 0 fully saturated rings. The van der Waals surface area contributed by atoms with Crippen LogP contribution in [0.1, 0.15) is 0 Å². The number of rotatable bonds is 4. The molecule has 3 heterocycles. The van der Waals surface area contributed by atoms with Gasteiger partial charge in [0, 0.05) is 48.7 Å². The van der Waals surface area contributed by atoms with Crippen molar-refractivity contribution in [1.29, 1.82) is 0 Å². The molecule has 7 heteroatoms. The summed E-state index contributed by atoms with van der Waals surface area (Å²) in [6, 6.07) is 14.3. The molecule has 142 valence electrons. The summed E-state index contributed by atoms with van der Waals surface area (Å²) in [7, 11) is 4.08. The molecular weight excluding hydrogens is 372 g/mol. The number of hydrogen-bond donors (Lipinski definition) is 1. The number of imidazole rings is 1. The van der Waals surface area contributed by atoms with E-state index in [1.54, 1.807) is 11.3 Å². The van der Waals surface area contributed by atoms with Gasteiger partial charge >= 0.3 is 0 Å². The minimum atomic E-state index is 0.571. The van der Waals surface area contributed by atoms with E-state index in [9.17, 15) is 0 Å². The van der Waals surface area contributed by atoms with Crippen LogP contribution in [0, 0.1) is 0 Å². The Morgan fingerprint density at radius 2 is 1.82 bits per heavy atom. The van der Waals surface area contributed by atoms with Gasteiger partial charge in [0.2, 0.25) is 0 Å². The van der Waals surface area contributed by atoms with Crippen LogP contribution in [0.25, 0.3) is 16.2 Å². The molecule has 0 aliphatic carbocycles. The van der Waals surface area contributed by atoms with E-state index in [0.29, 0.717) is 13.2 Å². The van der Waals surface area contributed by atoms with Gasteiger partial charge in [-0.1, -0.05) is 12.1 Å². The molecule has 2 aromatic heterocycles. The lowest BCUT2D eigenvalue weighted by atomic mass is 10.1. The maximum atomic E-state index is 5.72. The predicted molar refractivity (Wildman–Crippen MR) is 114 cm³/mol. The largest absolute Gasteiger partial charge is 0.486 e. The van der Waals surface area contributed by atoms with E-state index < -0.39 is 0 Å². The Morgan fingerprint density at radius 1 is 1.04 bits per heavy atom. The van der Waals surface area contributed by atoms with Gasteiger partial charge in [0.25, 0.3) is 0 Å². The zero-order valence-electron chi connectivity index (χ0n) is 15.7. The van der Waals surface area contributed by atoms with Crippen molar-refractivity contribution in [2.75, 3.05) is 37.5 Å². The zero-order chi connectivity index (χ0) is 19.1. The van der Waals surface area contributed by atoms with E-state index in [1.807, 2.05) is 43.9 Å². The average Bonchev–Trinajstić information content (AvgIpc) is 3.31. The van der Waals surface area contributed by atoms with Crippen molar-refractivity contribution < 1.29 is 9.47 Å². The third-order valence-electron chi connectivity index (χ3n) is 4.72. The lowest BCUT2D eigenvalue weighted by Crippen LogP contribution is -2.15. The summed E-state index contributed by atoms with van der Waals surface area (Å²) in [5, 5.41) is 5.57. The van der Waals surface area contributed by atoms with Crippen LogP contribution in [-0.4, -0.2) is 36.7 Å². The summed E-state index contributed by atoms with van der Waals surface area (Å²) in [5.41, 5.74) is 4.09. The third kappa shape index (κ3) is 2.93. The molecule has 0 bridgehead atoms. The molecule has 6 nitrogen and oxygen atoms in total. The van der Waals surface area contributed by atoms with Crippen molar-refractivity contribution >= 4 is 33.5 Å². The quantitative estimate of drug-likeness (QED) is 0.548. The lowest BCUT2D eigenvalue weighted by Gasteiger charge is -2.19. The highest BCUT2D eigenvalue weighted by atomic mass is 32.1. The smallest absolute Gasteiger partial charge is 0.195 e. The molecule has 0 saturated heterocycles. The fraction of sp³-hybridized carbons (Fsp3) is 0.190. The first-order valence-electron chi connectivity index (χ1n) is 9.09. The fourth-order valence-electron chi connectivity index (χ4n) is 3.28. The molecule has 0 spiro atoms. The Balaban J connectivity index is 1.55. The third-order valence-corrected chi connectivity index (χ3v) is 5.48. The molecular formula is C21H20N4O2S. The maximum Gasteiger partial charge on any atom is 0.195 e. The molecule has 0 saturated carbocycles. The number of aromatic nitrogens is 2. The molecule has 0 amide bonds. The molecule has 1 N–H and O–H groups in total. The second-order valence-corrected chi connectivity index (χ2v) is 7.66. The second kappa shape index (κ2) is 6.76. The Morgan fingerprint density at radius 3 is 2.61 bits per heavy atom. The van der Waals surface area contributed by atoms with Crippen molar-refractivity contribution in [3.05, 3.63) is 54.0 Å². The number of fused-ring (bicyclic) bond motifs is 2. The minimum Gasteiger partial charge on any atom is -0.486 e. The number of hydrogen-bond acceptors (Lipinski definition) is 6. The van der Waals surface area contributed by atoms with E-state index in [-0.39, 0.29) is 0 Å². The first kappa shape index (κ1) is 16.9. The monoisotopic (exact) mass is 392 g/mol. The van der Waals surface area contributed by atoms with Gasteiger partial charge in [-0.2, -0.15) is 0 Å². The van der Waals surface area contributed by atoms with Crippen LogP contribution in [0.3, 0.4) is 0 Å². The van der Waals surface area contributed by atoms with Crippen molar-refractivity contribution in [2.24, 2.45) is 0 Å². The molecule has 0 unspecified atom stereocenters. The number of ether oxygens (including phenoxy) is 2. The Kier molecular flexibility index (Phi) is 4.09. The van der Waals surface area contributed by atoms with E-state index >= 15 is 0 Å². The maximum absolute atomic E-state index is 5.72. The Bertz CT molecular complexity index is 1130. The van der Waals surface area contributed by atoms with Crippen LogP contribution < -0.4 is 19.7 Å². The predicted octanol–water partition coefficient (Wildman–Crippen LogP) is 4.64. The molecule has 28 heavy (non-hydrogen) atoms. The van der Waals surface area contributed by atoms with Crippen LogP contribution in [0.15, 0.2) is 54.0 Å². The zero-order valence-corrected chi connectivity index (χ0v) is 16.5. The molecule has 1 aliphatic heterocycles. The highest BCUT2D eigenvalue weighted by Gasteiger charge is 2.17. The summed E-state index contributed by atoms with van der Waals surface area (Å²) in [6.45, 7) is 1.16. The highest BCUT2D eigenvalue weighted by molar-refractivity contribution is 7.15. The number of nitrogens with one attached hydrogen (secondary N) is 1. The molecule has 0 atom stereocenters. The van der Waals surface area contributed by atoms with Gasteiger partial charge in [-0.15, -0.1) is 11.3 Å². The number of thiazole rings is 1. The Hall–Kier alpha value is -3.19. The van der Waals surface area contributed by atoms with Gasteiger partial charge in [-0.3, -0.25) is 4.40 Å². The SMILES string of the molecule is CN(C)c1ccc(-c2nc3sccn3c2Nc2ccc3c(c2)OCCO3)cc1. The molecule has 2 aromatic carbocycles. The topological polar surface area (TPSA) is 51.0 Å². The van der Waals surface area contributed by atoms with Crippen LogP contribution in [0.5, 0.6) is 11.5 Å². The summed E-state index contributed by atoms with van der Waals surface area (Å²) < 4.78 is 13.4. The summed E-state index contributed by atoms with van der Waals surface area (Å²) in [5.74, 6) is 2.48. The van der Waals surface area contributed by atoms with Gasteiger partial charge < -0.3 is 19.7 Å². The Labute approximate surface area is 167 Å². The van der Waals surface area contributed by atoms with E-state index in [4.69, 9.17) is 14.5 Å². The van der Waals surface area contributed by atoms with Gasteiger partial charge in [0.05, 0.1) is 0 Å². The van der Waals surface area contributed by atoms with E-state index in [2.05, 4.69) is 38.9 Å². The average molecular weight is 392 g/mol. The van der Waals surface area contributed by atoms with Gasteiger partial charge in [-0.05, 0) is 24.3 Å². The van der Waals surface area contributed by atoms with E-state index in [0.717, 1.165) is 44.9 Å². The van der Waals surface area contributed by atoms with Crippen molar-refractivity contribution in [3.63, 3.8) is 0 Å². The minimum absolute atomic E-state index is 0.571. The van der Waals surface area contributed by atoms with Crippen molar-refractivity contribution in [3.8, 4) is 22.8 Å². The lowest BCUT2D eigenvalue weighted by molar-refractivity contribution is 0.171. The molecule has 0 radical (unpaired) electrons. The number of nitrogens with zero attached hydrogens (tertiary/aromatic N) is 3. The highest BCUT2D eigenvalue weighted by Crippen LogP contribution is 2.37. The van der Waals surface area contributed by atoms with Crippen LogP contribution in [0.4, 0.5) is 17.2 Å². The van der Waals surface area contributed by atoms with Crippen LogP contribution >= 0.6 is 11.3 Å². The standard InChI is InChI=1S/C21H20N4O2S/c1-24(2)16-6-3-14(4-7-16)19-20(25-9-12-28-21(25)23-19)22-15-5-8-17-18(13-15)27-11-10-26-17/h3-9,12-13,22H,10-11H2,1-2H3. The normalized spacial score (nSPS) is 12.9. The number of benzene rings is 2. The molecule has 4 aromatic rings. The fourth-order valence-corrected chi connectivity index (χ4v) is 4.00. The molecule has 1 aliphatic rings. The van der Waals surface area contributed by atoms with Gasteiger partial charge in [-0.25, -0.2) is 4.98 Å². The van der Waals surface area contributed by atoms with Crippen LogP contribution in [0.2, 0.25) is 0 Å². The second-order valence-electron chi connectivity index (χ2n) is 6.79. The first-order valence-corrected chi connectivity index (χ1v) is 9.97. The summed E-state index contributed by atoms with van der Waals surface area (Å²) in [6.07, 6.45) is 2.03. The van der Waals surface area contributed by atoms with Crippen molar-refractivity contribution in [1.82, 2.24) is 9.38 Å². The molecule has 5 rings (SSSR count).